The minimum Gasteiger partial charge on any atom is -0.367 e. The van der Waals surface area contributed by atoms with E-state index >= 15 is 0 Å². The van der Waals surface area contributed by atoms with Gasteiger partial charge in [0.1, 0.15) is 0 Å². The topological polar surface area (TPSA) is 52.0 Å². The number of nitrogens with zero attached hydrogens (tertiary/aromatic N) is 1. The van der Waals surface area contributed by atoms with Crippen LogP contribution in [0.2, 0.25) is 10.0 Å². The van der Waals surface area contributed by atoms with Gasteiger partial charge in [-0.3, -0.25) is 0 Å². The van der Waals surface area contributed by atoms with Crippen molar-refractivity contribution in [1.29, 1.82) is 0 Å². The Morgan fingerprint density at radius 3 is 2.70 bits per heavy atom. The lowest BCUT2D eigenvalue weighted by Crippen LogP contribution is -2.04. The molecule has 20 heavy (non-hydrogen) atoms. The lowest BCUT2D eigenvalue weighted by atomic mass is 9.90. The Morgan fingerprint density at radius 2 is 2.05 bits per heavy atom. The lowest BCUT2D eigenvalue weighted by molar-refractivity contribution is 0.407. The maximum Gasteiger partial charge on any atom is 0.230 e. The molecule has 2 aromatic rings. The number of hydrogen-bond donors (Lipinski definition) is 1. The van der Waals surface area contributed by atoms with E-state index in [-0.39, 0.29) is 0 Å². The number of halogens is 2. The van der Waals surface area contributed by atoms with Gasteiger partial charge in [-0.15, -0.1) is 0 Å². The fourth-order valence-corrected chi connectivity index (χ4v) is 3.36. The number of hydrogen-bond acceptors (Lipinski definition) is 3. The van der Waals surface area contributed by atoms with Crippen molar-refractivity contribution in [3.63, 3.8) is 0 Å². The largest absolute Gasteiger partial charge is 0.367 e. The summed E-state index contributed by atoms with van der Waals surface area (Å²) >= 11 is 12.1. The van der Waals surface area contributed by atoms with Crippen LogP contribution in [0.4, 0.5) is 5.88 Å². The molecule has 2 unspecified atom stereocenters. The minimum atomic E-state index is 0.345. The summed E-state index contributed by atoms with van der Waals surface area (Å²) in [4.78, 5) is 0. The van der Waals surface area contributed by atoms with E-state index in [4.69, 9.17) is 33.5 Å². The summed E-state index contributed by atoms with van der Waals surface area (Å²) in [7, 11) is 0. The maximum absolute atomic E-state index is 6.10. The predicted octanol–water partition coefficient (Wildman–Crippen LogP) is 5.13. The van der Waals surface area contributed by atoms with E-state index in [1.807, 2.05) is 12.1 Å². The Labute approximate surface area is 128 Å². The van der Waals surface area contributed by atoms with Gasteiger partial charge in [0.25, 0.3) is 0 Å². The zero-order valence-corrected chi connectivity index (χ0v) is 12.7. The van der Waals surface area contributed by atoms with E-state index in [0.717, 1.165) is 23.2 Å². The Hall–Kier alpha value is -1.19. The second-order valence-corrected chi connectivity index (χ2v) is 6.27. The number of nitrogens with two attached hydrogens (primary N) is 1. The smallest absolute Gasteiger partial charge is 0.230 e. The molecule has 3 nitrogen and oxygen atoms in total. The lowest BCUT2D eigenvalue weighted by Gasteiger charge is -2.14. The second kappa shape index (κ2) is 5.30. The van der Waals surface area contributed by atoms with Gasteiger partial charge in [-0.05, 0) is 30.0 Å². The molecular formula is C15H16Cl2N2O. The van der Waals surface area contributed by atoms with Crippen molar-refractivity contribution in [3.05, 3.63) is 33.9 Å². The highest BCUT2D eigenvalue weighted by molar-refractivity contribution is 6.42. The van der Waals surface area contributed by atoms with Gasteiger partial charge < -0.3 is 10.3 Å². The summed E-state index contributed by atoms with van der Waals surface area (Å²) in [5.41, 5.74) is 8.69. The van der Waals surface area contributed by atoms with Crippen molar-refractivity contribution < 1.29 is 4.52 Å². The normalized spacial score (nSPS) is 22.4. The molecule has 5 heteroatoms. The summed E-state index contributed by atoms with van der Waals surface area (Å²) in [6, 6.07) is 5.49. The third kappa shape index (κ3) is 2.29. The van der Waals surface area contributed by atoms with Crippen LogP contribution in [0, 0.1) is 5.92 Å². The molecule has 1 heterocycles. The van der Waals surface area contributed by atoms with Crippen LogP contribution in [0.15, 0.2) is 22.7 Å². The zero-order valence-electron chi connectivity index (χ0n) is 11.2. The monoisotopic (exact) mass is 310 g/mol. The third-order valence-electron chi connectivity index (χ3n) is 4.17. The molecule has 2 atom stereocenters. The molecule has 0 amide bonds. The van der Waals surface area contributed by atoms with Crippen molar-refractivity contribution in [2.24, 2.45) is 5.92 Å². The van der Waals surface area contributed by atoms with E-state index in [2.05, 4.69) is 12.1 Å². The van der Waals surface area contributed by atoms with Crippen LogP contribution in [0.1, 0.15) is 37.8 Å². The van der Waals surface area contributed by atoms with Crippen LogP contribution >= 0.6 is 23.2 Å². The number of anilines is 1. The molecule has 0 saturated heterocycles. The van der Waals surface area contributed by atoms with Gasteiger partial charge >= 0.3 is 0 Å². The summed E-state index contributed by atoms with van der Waals surface area (Å²) in [5.74, 6) is 1.35. The zero-order chi connectivity index (χ0) is 14.3. The van der Waals surface area contributed by atoms with Crippen molar-refractivity contribution in [3.8, 4) is 11.1 Å². The minimum absolute atomic E-state index is 0.345. The number of benzene rings is 1. The highest BCUT2D eigenvalue weighted by Crippen LogP contribution is 2.44. The molecule has 3 rings (SSSR count). The average Bonchev–Trinajstić information content (AvgIpc) is 2.99. The van der Waals surface area contributed by atoms with E-state index in [9.17, 15) is 0 Å². The van der Waals surface area contributed by atoms with Gasteiger partial charge in [-0.1, -0.05) is 54.2 Å². The first-order valence-corrected chi connectivity index (χ1v) is 7.54. The molecule has 106 valence electrons. The van der Waals surface area contributed by atoms with Gasteiger partial charge in [0.2, 0.25) is 5.88 Å². The molecule has 1 aromatic carbocycles. The Morgan fingerprint density at radius 1 is 1.25 bits per heavy atom. The summed E-state index contributed by atoms with van der Waals surface area (Å²) in [6.07, 6.45) is 3.57. The first-order chi connectivity index (χ1) is 9.58. The Balaban J connectivity index is 2.08. The number of rotatable bonds is 2. The molecule has 1 fully saturated rings. The summed E-state index contributed by atoms with van der Waals surface area (Å²) in [5, 5.41) is 5.24. The van der Waals surface area contributed by atoms with Gasteiger partial charge in [0.05, 0.1) is 21.3 Å². The molecular weight excluding hydrogens is 295 g/mol. The molecule has 0 aliphatic heterocycles. The third-order valence-corrected chi connectivity index (χ3v) is 4.90. The van der Waals surface area contributed by atoms with Crippen LogP contribution < -0.4 is 5.73 Å². The highest BCUT2D eigenvalue weighted by atomic mass is 35.5. The van der Waals surface area contributed by atoms with Crippen LogP contribution in [0.25, 0.3) is 11.1 Å². The molecule has 0 bridgehead atoms. The predicted molar refractivity (Wildman–Crippen MR) is 82.1 cm³/mol. The number of aromatic nitrogens is 1. The van der Waals surface area contributed by atoms with Crippen LogP contribution in [0.3, 0.4) is 0 Å². The maximum atomic E-state index is 6.10. The van der Waals surface area contributed by atoms with E-state index in [1.165, 1.54) is 12.8 Å². The molecule has 1 aromatic heterocycles. The molecule has 1 saturated carbocycles. The highest BCUT2D eigenvalue weighted by Gasteiger charge is 2.31. The molecule has 1 aliphatic carbocycles. The van der Waals surface area contributed by atoms with Gasteiger partial charge in [0, 0.05) is 5.92 Å². The van der Waals surface area contributed by atoms with Gasteiger partial charge in [-0.25, -0.2) is 0 Å². The Kier molecular flexibility index (Phi) is 3.65. The van der Waals surface area contributed by atoms with Gasteiger partial charge in [0.15, 0.2) is 0 Å². The summed E-state index contributed by atoms with van der Waals surface area (Å²) < 4.78 is 5.23. The first kappa shape index (κ1) is 13.8. The fourth-order valence-electron chi connectivity index (χ4n) is 3.06. The molecule has 0 radical (unpaired) electrons. The standard InChI is InChI=1S/C15H16Cl2N2O/c1-8-3-2-4-10(8)14-13(15(18)20-19-14)9-5-6-11(16)12(17)7-9/h5-8,10H,2-4,18H2,1H3. The quantitative estimate of drug-likeness (QED) is 0.836. The van der Waals surface area contributed by atoms with Crippen LogP contribution in [-0.2, 0) is 0 Å². The van der Waals surface area contributed by atoms with Crippen molar-refractivity contribution in [2.75, 3.05) is 5.73 Å². The SMILES string of the molecule is CC1CCCC1c1noc(N)c1-c1ccc(Cl)c(Cl)c1. The number of nitrogen functional groups attached to an aromatic ring is 1. The second-order valence-electron chi connectivity index (χ2n) is 5.45. The first-order valence-electron chi connectivity index (χ1n) is 6.78. The van der Waals surface area contributed by atoms with Gasteiger partial charge in [-0.2, -0.15) is 0 Å². The summed E-state index contributed by atoms with van der Waals surface area (Å²) in [6.45, 7) is 2.25. The van der Waals surface area contributed by atoms with Crippen molar-refractivity contribution >= 4 is 29.1 Å². The Bertz CT molecular complexity index is 639. The molecule has 1 aliphatic rings. The van der Waals surface area contributed by atoms with Crippen LogP contribution in [0.5, 0.6) is 0 Å². The van der Waals surface area contributed by atoms with E-state index < -0.39 is 0 Å². The van der Waals surface area contributed by atoms with E-state index in [0.29, 0.717) is 27.8 Å². The average molecular weight is 311 g/mol. The fraction of sp³-hybridized carbons (Fsp3) is 0.400. The van der Waals surface area contributed by atoms with Crippen LogP contribution in [-0.4, -0.2) is 5.16 Å². The van der Waals surface area contributed by atoms with Crippen molar-refractivity contribution in [1.82, 2.24) is 5.16 Å². The molecule has 2 N–H and O–H groups in total. The van der Waals surface area contributed by atoms with Crippen molar-refractivity contribution in [2.45, 2.75) is 32.1 Å². The van der Waals surface area contributed by atoms with E-state index in [1.54, 1.807) is 6.07 Å². The molecule has 0 spiro atoms.